The van der Waals surface area contributed by atoms with E-state index in [9.17, 15) is 9.18 Å². The van der Waals surface area contributed by atoms with Crippen molar-refractivity contribution in [1.82, 2.24) is 5.32 Å². The fraction of sp³-hybridized carbons (Fsp3) is 0. The maximum Gasteiger partial charge on any atom is 0.275 e. The summed E-state index contributed by atoms with van der Waals surface area (Å²) in [6.45, 7) is 0. The zero-order valence-electron chi connectivity index (χ0n) is 11.1. The highest BCUT2D eigenvalue weighted by molar-refractivity contribution is 6.35. The second-order valence-corrected chi connectivity index (χ2v) is 5.43. The molecule has 1 aliphatic rings. The molecule has 6 heteroatoms. The van der Waals surface area contributed by atoms with E-state index in [2.05, 4.69) is 10.3 Å². The molecule has 0 saturated heterocycles. The molecule has 0 aromatic heterocycles. The number of aliphatic imine (C=N–C) groups is 1. The molecular weight excluding hydrogens is 326 g/mol. The van der Waals surface area contributed by atoms with E-state index in [-0.39, 0.29) is 17.1 Å². The fourth-order valence-corrected chi connectivity index (χ4v) is 2.48. The second kappa shape index (κ2) is 5.91. The number of rotatable bonds is 2. The van der Waals surface area contributed by atoms with E-state index in [1.165, 1.54) is 12.1 Å². The van der Waals surface area contributed by atoms with Crippen molar-refractivity contribution in [2.45, 2.75) is 0 Å². The van der Waals surface area contributed by atoms with Gasteiger partial charge < -0.3 is 5.32 Å². The summed E-state index contributed by atoms with van der Waals surface area (Å²) >= 11 is 11.9. The monoisotopic (exact) mass is 334 g/mol. The van der Waals surface area contributed by atoms with Crippen molar-refractivity contribution in [2.75, 3.05) is 0 Å². The van der Waals surface area contributed by atoms with Gasteiger partial charge in [-0.1, -0.05) is 41.4 Å². The number of halogens is 3. The first-order valence-electron chi connectivity index (χ1n) is 6.36. The Balaban J connectivity index is 2.00. The van der Waals surface area contributed by atoms with Crippen molar-refractivity contribution < 1.29 is 9.18 Å². The Hall–Kier alpha value is -2.17. The third-order valence-corrected chi connectivity index (χ3v) is 3.64. The van der Waals surface area contributed by atoms with E-state index in [1.54, 1.807) is 36.4 Å². The minimum Gasteiger partial charge on any atom is -0.305 e. The van der Waals surface area contributed by atoms with E-state index in [1.807, 2.05) is 0 Å². The number of nitrogens with zero attached hydrogens (tertiary/aromatic N) is 1. The van der Waals surface area contributed by atoms with Crippen LogP contribution in [0.3, 0.4) is 0 Å². The van der Waals surface area contributed by atoms with Crippen molar-refractivity contribution in [3.8, 4) is 0 Å². The second-order valence-electron chi connectivity index (χ2n) is 4.59. The molecule has 0 unspecified atom stereocenters. The lowest BCUT2D eigenvalue weighted by Gasteiger charge is -2.00. The van der Waals surface area contributed by atoms with E-state index >= 15 is 0 Å². The Morgan fingerprint density at radius 1 is 1.14 bits per heavy atom. The van der Waals surface area contributed by atoms with Gasteiger partial charge in [0.05, 0.1) is 5.56 Å². The number of carbonyl (C=O) groups excluding carboxylic acids is 1. The lowest BCUT2D eigenvalue weighted by Crippen LogP contribution is -2.25. The quantitative estimate of drug-likeness (QED) is 0.827. The summed E-state index contributed by atoms with van der Waals surface area (Å²) in [5.41, 5.74) is 0.999. The van der Waals surface area contributed by atoms with Crippen LogP contribution in [0.5, 0.6) is 0 Å². The van der Waals surface area contributed by atoms with Crippen LogP contribution in [-0.2, 0) is 4.79 Å². The molecule has 3 nitrogen and oxygen atoms in total. The molecule has 0 aliphatic carbocycles. The van der Waals surface area contributed by atoms with Gasteiger partial charge in [0, 0.05) is 10.0 Å². The number of carbonyl (C=O) groups is 1. The van der Waals surface area contributed by atoms with E-state index < -0.39 is 11.7 Å². The number of benzene rings is 2. The summed E-state index contributed by atoms with van der Waals surface area (Å²) in [4.78, 5) is 16.1. The molecule has 3 rings (SSSR count). The third-order valence-electron chi connectivity index (χ3n) is 3.08. The summed E-state index contributed by atoms with van der Waals surface area (Å²) in [6.07, 6.45) is 1.53. The number of amidine groups is 1. The average molecular weight is 335 g/mol. The summed E-state index contributed by atoms with van der Waals surface area (Å²) in [6, 6.07) is 11.0. The topological polar surface area (TPSA) is 41.5 Å². The van der Waals surface area contributed by atoms with Crippen molar-refractivity contribution in [2.24, 2.45) is 4.99 Å². The van der Waals surface area contributed by atoms with Gasteiger partial charge >= 0.3 is 0 Å². The van der Waals surface area contributed by atoms with E-state index in [0.29, 0.717) is 15.6 Å². The first-order chi connectivity index (χ1) is 10.5. The van der Waals surface area contributed by atoms with Gasteiger partial charge in [-0.3, -0.25) is 4.79 Å². The third kappa shape index (κ3) is 2.89. The van der Waals surface area contributed by atoms with Crippen molar-refractivity contribution >= 4 is 41.0 Å². The highest BCUT2D eigenvalue weighted by atomic mass is 35.5. The highest BCUT2D eigenvalue weighted by Gasteiger charge is 2.23. The smallest absolute Gasteiger partial charge is 0.275 e. The Morgan fingerprint density at radius 3 is 2.64 bits per heavy atom. The number of hydrogen-bond donors (Lipinski definition) is 1. The molecule has 2 aromatic rings. The Kier molecular flexibility index (Phi) is 3.96. The van der Waals surface area contributed by atoms with Crippen LogP contribution >= 0.6 is 23.2 Å². The predicted octanol–water partition coefficient (Wildman–Crippen LogP) is 4.05. The average Bonchev–Trinajstić information content (AvgIpc) is 2.83. The molecule has 0 fully saturated rings. The first-order valence-corrected chi connectivity index (χ1v) is 7.12. The van der Waals surface area contributed by atoms with Gasteiger partial charge in [0.25, 0.3) is 5.91 Å². The molecule has 110 valence electrons. The first kappa shape index (κ1) is 14.8. The van der Waals surface area contributed by atoms with E-state index in [0.717, 1.165) is 0 Å². The minimum atomic E-state index is -0.452. The number of nitrogens with one attached hydrogen (secondary N) is 1. The van der Waals surface area contributed by atoms with Crippen LogP contribution in [0.1, 0.15) is 11.1 Å². The Morgan fingerprint density at radius 2 is 1.91 bits per heavy atom. The zero-order valence-corrected chi connectivity index (χ0v) is 12.6. The maximum atomic E-state index is 13.7. The SMILES string of the molecule is O=C1NC(c2ccccc2F)=N/C1=C\c1ccc(Cl)cc1Cl. The molecule has 0 bridgehead atoms. The van der Waals surface area contributed by atoms with Crippen LogP contribution in [-0.4, -0.2) is 11.7 Å². The lowest BCUT2D eigenvalue weighted by molar-refractivity contribution is -0.115. The van der Waals surface area contributed by atoms with Crippen LogP contribution in [0.25, 0.3) is 6.08 Å². The summed E-state index contributed by atoms with van der Waals surface area (Å²) in [7, 11) is 0. The van der Waals surface area contributed by atoms with Gasteiger partial charge in [0.1, 0.15) is 17.3 Å². The molecule has 1 amide bonds. The van der Waals surface area contributed by atoms with Gasteiger partial charge in [-0.25, -0.2) is 9.38 Å². The number of hydrogen-bond acceptors (Lipinski definition) is 2. The van der Waals surface area contributed by atoms with Crippen LogP contribution in [0.2, 0.25) is 10.0 Å². The zero-order chi connectivity index (χ0) is 15.7. The predicted molar refractivity (Wildman–Crippen MR) is 85.5 cm³/mol. The Labute approximate surface area is 136 Å². The summed E-state index contributed by atoms with van der Waals surface area (Å²) < 4.78 is 13.7. The molecule has 2 aromatic carbocycles. The number of amides is 1. The molecular formula is C16H9Cl2FN2O. The standard InChI is InChI=1S/C16H9Cl2FN2O/c17-10-6-5-9(12(18)8-10)7-14-16(22)21-15(20-14)11-3-1-2-4-13(11)19/h1-8H,(H,20,21,22)/b14-7-. The van der Waals surface area contributed by atoms with Crippen LogP contribution in [0.4, 0.5) is 4.39 Å². The molecule has 22 heavy (non-hydrogen) atoms. The largest absolute Gasteiger partial charge is 0.305 e. The minimum absolute atomic E-state index is 0.155. The lowest BCUT2D eigenvalue weighted by atomic mass is 10.2. The fourth-order valence-electron chi connectivity index (χ4n) is 2.02. The van der Waals surface area contributed by atoms with Gasteiger partial charge in [-0.05, 0) is 35.9 Å². The van der Waals surface area contributed by atoms with E-state index in [4.69, 9.17) is 23.2 Å². The summed E-state index contributed by atoms with van der Waals surface area (Å²) in [5.74, 6) is -0.684. The molecule has 0 atom stereocenters. The molecule has 0 saturated carbocycles. The summed E-state index contributed by atoms with van der Waals surface area (Å²) in [5, 5.41) is 3.45. The van der Waals surface area contributed by atoms with Crippen LogP contribution in [0, 0.1) is 5.82 Å². The van der Waals surface area contributed by atoms with Crippen LogP contribution in [0.15, 0.2) is 53.2 Å². The molecule has 0 radical (unpaired) electrons. The molecule has 0 spiro atoms. The van der Waals surface area contributed by atoms with Crippen molar-refractivity contribution in [1.29, 1.82) is 0 Å². The molecule has 1 heterocycles. The van der Waals surface area contributed by atoms with Gasteiger partial charge in [0.15, 0.2) is 0 Å². The molecule has 1 N–H and O–H groups in total. The normalized spacial score (nSPS) is 15.9. The molecule has 1 aliphatic heterocycles. The van der Waals surface area contributed by atoms with Gasteiger partial charge in [-0.2, -0.15) is 0 Å². The van der Waals surface area contributed by atoms with Crippen molar-refractivity contribution in [3.63, 3.8) is 0 Å². The van der Waals surface area contributed by atoms with Gasteiger partial charge in [0.2, 0.25) is 0 Å². The van der Waals surface area contributed by atoms with Crippen molar-refractivity contribution in [3.05, 3.63) is 75.2 Å². The Bertz CT molecular complexity index is 831. The maximum absolute atomic E-state index is 13.7. The van der Waals surface area contributed by atoms with Gasteiger partial charge in [-0.15, -0.1) is 0 Å². The van der Waals surface area contributed by atoms with Crippen LogP contribution < -0.4 is 5.32 Å². The highest BCUT2D eigenvalue weighted by Crippen LogP contribution is 2.24.